The van der Waals surface area contributed by atoms with Crippen molar-refractivity contribution < 1.29 is 0 Å². The molecule has 1 saturated carbocycles. The third-order valence-corrected chi connectivity index (χ3v) is 4.76. The molecule has 0 aromatic rings. The summed E-state index contributed by atoms with van der Waals surface area (Å²) in [5, 5.41) is 0. The van der Waals surface area contributed by atoms with E-state index in [1.165, 1.54) is 51.5 Å². The number of hydrogen-bond donors (Lipinski definition) is 1. The third-order valence-electron chi connectivity index (χ3n) is 4.76. The normalized spacial score (nSPS) is 22.4. The Morgan fingerprint density at radius 1 is 1.12 bits per heavy atom. The smallest absolute Gasteiger partial charge is 0.00644 e. The fourth-order valence-electron chi connectivity index (χ4n) is 3.17. The molecule has 0 spiro atoms. The molecule has 1 aliphatic rings. The topological polar surface area (TPSA) is 29.3 Å². The van der Waals surface area contributed by atoms with Crippen LogP contribution in [0.25, 0.3) is 0 Å². The van der Waals surface area contributed by atoms with E-state index in [4.69, 9.17) is 5.73 Å². The van der Waals surface area contributed by atoms with Crippen LogP contribution in [0.15, 0.2) is 0 Å². The Bertz CT molecular complexity index is 195. The summed E-state index contributed by atoms with van der Waals surface area (Å²) in [6.45, 7) is 10.2. The zero-order valence-corrected chi connectivity index (χ0v) is 12.2. The van der Waals surface area contributed by atoms with Crippen LogP contribution in [-0.2, 0) is 0 Å². The first kappa shape index (κ1) is 15.0. The van der Waals surface area contributed by atoms with Crippen LogP contribution >= 0.6 is 0 Å². The van der Waals surface area contributed by atoms with Crippen molar-refractivity contribution in [3.05, 3.63) is 0 Å². The van der Waals surface area contributed by atoms with E-state index >= 15 is 0 Å². The number of nitrogens with zero attached hydrogens (tertiary/aromatic N) is 1. The number of nitrogens with two attached hydrogens (primary N) is 1. The van der Waals surface area contributed by atoms with Crippen molar-refractivity contribution in [3.8, 4) is 0 Å². The second-order valence-corrected chi connectivity index (χ2v) is 5.94. The second kappa shape index (κ2) is 7.38. The van der Waals surface area contributed by atoms with Crippen molar-refractivity contribution >= 4 is 0 Å². The van der Waals surface area contributed by atoms with Gasteiger partial charge in [-0.05, 0) is 44.7 Å². The Hall–Kier alpha value is -0.0800. The van der Waals surface area contributed by atoms with Crippen molar-refractivity contribution in [1.29, 1.82) is 0 Å². The Morgan fingerprint density at radius 3 is 2.12 bits per heavy atom. The SMILES string of the molecule is CCC(C)N(CC)CC1(CN)CCCCCC1. The summed E-state index contributed by atoms with van der Waals surface area (Å²) in [7, 11) is 0. The molecular formula is C15H32N2. The monoisotopic (exact) mass is 240 g/mol. The molecule has 2 heteroatoms. The lowest BCUT2D eigenvalue weighted by Gasteiger charge is -2.39. The van der Waals surface area contributed by atoms with Gasteiger partial charge in [-0.1, -0.05) is 39.5 Å². The second-order valence-electron chi connectivity index (χ2n) is 5.94. The molecule has 0 bridgehead atoms. The molecule has 0 radical (unpaired) electrons. The van der Waals surface area contributed by atoms with Gasteiger partial charge in [0.05, 0.1) is 0 Å². The summed E-state index contributed by atoms with van der Waals surface area (Å²) in [5.74, 6) is 0. The highest BCUT2D eigenvalue weighted by Crippen LogP contribution is 2.35. The highest BCUT2D eigenvalue weighted by molar-refractivity contribution is 4.86. The molecule has 102 valence electrons. The van der Waals surface area contributed by atoms with Gasteiger partial charge < -0.3 is 10.6 Å². The van der Waals surface area contributed by atoms with Crippen LogP contribution in [0.5, 0.6) is 0 Å². The molecule has 0 amide bonds. The van der Waals surface area contributed by atoms with Crippen molar-refractivity contribution in [3.63, 3.8) is 0 Å². The van der Waals surface area contributed by atoms with E-state index in [2.05, 4.69) is 25.7 Å². The van der Waals surface area contributed by atoms with Crippen LogP contribution < -0.4 is 5.73 Å². The highest BCUT2D eigenvalue weighted by Gasteiger charge is 2.32. The fourth-order valence-corrected chi connectivity index (χ4v) is 3.17. The minimum absolute atomic E-state index is 0.413. The van der Waals surface area contributed by atoms with Gasteiger partial charge in [-0.15, -0.1) is 0 Å². The molecule has 0 aromatic carbocycles. The van der Waals surface area contributed by atoms with Gasteiger partial charge in [-0.25, -0.2) is 0 Å². The van der Waals surface area contributed by atoms with Gasteiger partial charge in [-0.3, -0.25) is 0 Å². The highest BCUT2D eigenvalue weighted by atomic mass is 15.2. The Kier molecular flexibility index (Phi) is 6.50. The van der Waals surface area contributed by atoms with Crippen LogP contribution in [0.2, 0.25) is 0 Å². The molecule has 0 saturated heterocycles. The average Bonchev–Trinajstić information content (AvgIpc) is 2.61. The van der Waals surface area contributed by atoms with Crippen LogP contribution in [0.4, 0.5) is 0 Å². The zero-order chi connectivity index (χ0) is 12.7. The first-order valence-electron chi connectivity index (χ1n) is 7.61. The van der Waals surface area contributed by atoms with Crippen LogP contribution in [0.3, 0.4) is 0 Å². The van der Waals surface area contributed by atoms with Crippen LogP contribution in [0, 0.1) is 5.41 Å². The average molecular weight is 240 g/mol. The van der Waals surface area contributed by atoms with Gasteiger partial charge in [0.2, 0.25) is 0 Å². The molecule has 2 nitrogen and oxygen atoms in total. The Labute approximate surface area is 108 Å². The molecular weight excluding hydrogens is 208 g/mol. The van der Waals surface area contributed by atoms with Crippen LogP contribution in [0.1, 0.15) is 65.7 Å². The van der Waals surface area contributed by atoms with E-state index in [9.17, 15) is 0 Å². The van der Waals surface area contributed by atoms with Gasteiger partial charge in [0, 0.05) is 12.6 Å². The molecule has 0 heterocycles. The summed E-state index contributed by atoms with van der Waals surface area (Å²) in [6, 6.07) is 0.701. The largest absolute Gasteiger partial charge is 0.330 e. The van der Waals surface area contributed by atoms with Gasteiger partial charge in [0.1, 0.15) is 0 Å². The molecule has 1 aliphatic carbocycles. The van der Waals surface area contributed by atoms with Crippen LogP contribution in [-0.4, -0.2) is 30.6 Å². The first-order chi connectivity index (χ1) is 8.17. The summed E-state index contributed by atoms with van der Waals surface area (Å²) < 4.78 is 0. The minimum atomic E-state index is 0.413. The third kappa shape index (κ3) is 4.26. The Morgan fingerprint density at radius 2 is 1.71 bits per heavy atom. The fraction of sp³-hybridized carbons (Fsp3) is 1.00. The van der Waals surface area contributed by atoms with Crippen molar-refractivity contribution in [2.45, 2.75) is 71.8 Å². The molecule has 17 heavy (non-hydrogen) atoms. The summed E-state index contributed by atoms with van der Waals surface area (Å²) in [5.41, 5.74) is 6.54. The maximum Gasteiger partial charge on any atom is 0.00644 e. The first-order valence-corrected chi connectivity index (χ1v) is 7.61. The zero-order valence-electron chi connectivity index (χ0n) is 12.2. The van der Waals surface area contributed by atoms with E-state index in [0.717, 1.165) is 13.1 Å². The standard InChI is InChI=1S/C15H32N2/c1-4-14(3)17(5-2)13-15(12-16)10-8-6-7-9-11-15/h14H,4-13,16H2,1-3H3. The predicted octanol–water partition coefficient (Wildman–Crippen LogP) is 3.41. The molecule has 2 N–H and O–H groups in total. The van der Waals surface area contributed by atoms with Crippen molar-refractivity contribution in [1.82, 2.24) is 4.90 Å². The van der Waals surface area contributed by atoms with Gasteiger partial charge >= 0.3 is 0 Å². The lowest BCUT2D eigenvalue weighted by atomic mass is 9.79. The quantitative estimate of drug-likeness (QED) is 0.721. The molecule has 0 aliphatic heterocycles. The van der Waals surface area contributed by atoms with Gasteiger partial charge in [-0.2, -0.15) is 0 Å². The summed E-state index contributed by atoms with van der Waals surface area (Å²) in [6.07, 6.45) is 9.53. The Balaban J connectivity index is 2.64. The molecule has 1 unspecified atom stereocenters. The molecule has 1 rings (SSSR count). The molecule has 0 aromatic heterocycles. The lowest BCUT2D eigenvalue weighted by Crippen LogP contribution is -2.45. The lowest BCUT2D eigenvalue weighted by molar-refractivity contribution is 0.108. The van der Waals surface area contributed by atoms with E-state index in [0.29, 0.717) is 11.5 Å². The predicted molar refractivity (Wildman–Crippen MR) is 76.2 cm³/mol. The maximum atomic E-state index is 6.13. The van der Waals surface area contributed by atoms with E-state index in [1.54, 1.807) is 0 Å². The van der Waals surface area contributed by atoms with E-state index in [1.807, 2.05) is 0 Å². The molecule has 1 atom stereocenters. The van der Waals surface area contributed by atoms with Gasteiger partial charge in [0.15, 0.2) is 0 Å². The maximum absolute atomic E-state index is 6.13. The summed E-state index contributed by atoms with van der Waals surface area (Å²) >= 11 is 0. The van der Waals surface area contributed by atoms with Crippen molar-refractivity contribution in [2.24, 2.45) is 11.1 Å². The molecule has 1 fully saturated rings. The number of rotatable bonds is 6. The van der Waals surface area contributed by atoms with Crippen molar-refractivity contribution in [2.75, 3.05) is 19.6 Å². The minimum Gasteiger partial charge on any atom is -0.330 e. The number of hydrogen-bond acceptors (Lipinski definition) is 2. The summed E-state index contributed by atoms with van der Waals surface area (Å²) in [4.78, 5) is 2.64. The van der Waals surface area contributed by atoms with E-state index < -0.39 is 0 Å². The van der Waals surface area contributed by atoms with E-state index in [-0.39, 0.29) is 0 Å². The van der Waals surface area contributed by atoms with Gasteiger partial charge in [0.25, 0.3) is 0 Å².